The molecule has 1 N–H and O–H groups in total. The van der Waals surface area contributed by atoms with Crippen LogP contribution in [-0.4, -0.2) is 82.9 Å². The lowest BCUT2D eigenvalue weighted by molar-refractivity contribution is 0.112. The lowest BCUT2D eigenvalue weighted by Gasteiger charge is -2.25. The van der Waals surface area contributed by atoms with Gasteiger partial charge in [-0.1, -0.05) is 5.16 Å². The summed E-state index contributed by atoms with van der Waals surface area (Å²) in [7, 11) is 4.03. The average Bonchev–Trinajstić information content (AvgIpc) is 2.99. The topological polar surface area (TPSA) is 110 Å². The molecule has 3 heterocycles. The lowest BCUT2D eigenvalue weighted by atomic mass is 10.1. The SMILES string of the molecule is CN(C)C[C@H]1COCCN(C(=O)NCc2nc(-c3ncccn3)no2)C1. The fourth-order valence-corrected chi connectivity index (χ4v) is 2.79. The Bertz CT molecular complexity index is 707. The molecule has 10 heteroatoms. The van der Waals surface area contributed by atoms with Gasteiger partial charge in [-0.15, -0.1) is 0 Å². The van der Waals surface area contributed by atoms with Crippen molar-refractivity contribution in [2.45, 2.75) is 6.54 Å². The maximum absolute atomic E-state index is 12.5. The van der Waals surface area contributed by atoms with E-state index in [0.717, 1.165) is 6.54 Å². The fourth-order valence-electron chi connectivity index (χ4n) is 2.79. The van der Waals surface area contributed by atoms with Gasteiger partial charge in [0.25, 0.3) is 0 Å². The van der Waals surface area contributed by atoms with Crippen LogP contribution in [0.3, 0.4) is 0 Å². The molecule has 0 bridgehead atoms. The summed E-state index contributed by atoms with van der Waals surface area (Å²) < 4.78 is 10.7. The van der Waals surface area contributed by atoms with Crippen molar-refractivity contribution in [3.8, 4) is 11.6 Å². The molecule has 10 nitrogen and oxygen atoms in total. The Morgan fingerprint density at radius 1 is 1.35 bits per heavy atom. The van der Waals surface area contributed by atoms with Crippen LogP contribution in [-0.2, 0) is 11.3 Å². The van der Waals surface area contributed by atoms with Crippen LogP contribution in [0.1, 0.15) is 5.89 Å². The van der Waals surface area contributed by atoms with Crippen LogP contribution in [0.25, 0.3) is 11.6 Å². The Kier molecular flexibility index (Phi) is 6.08. The number of urea groups is 1. The van der Waals surface area contributed by atoms with Gasteiger partial charge < -0.3 is 24.4 Å². The van der Waals surface area contributed by atoms with Gasteiger partial charge >= 0.3 is 6.03 Å². The predicted octanol–water partition coefficient (Wildman–Crippen LogP) is 0.246. The monoisotopic (exact) mass is 361 g/mol. The third-order valence-electron chi connectivity index (χ3n) is 3.87. The smallest absolute Gasteiger partial charge is 0.317 e. The van der Waals surface area contributed by atoms with Crippen molar-refractivity contribution in [3.63, 3.8) is 0 Å². The number of hydrogen-bond donors (Lipinski definition) is 1. The number of carbonyl (C=O) groups is 1. The number of rotatable bonds is 5. The second-order valence-corrected chi connectivity index (χ2v) is 6.39. The molecule has 1 aliphatic rings. The molecule has 0 saturated carbocycles. The molecule has 0 aromatic carbocycles. The molecule has 140 valence electrons. The van der Waals surface area contributed by atoms with Crippen molar-refractivity contribution in [1.29, 1.82) is 0 Å². The summed E-state index contributed by atoms with van der Waals surface area (Å²) in [6, 6.07) is 1.54. The first-order valence-electron chi connectivity index (χ1n) is 8.47. The van der Waals surface area contributed by atoms with E-state index in [9.17, 15) is 4.79 Å². The first-order chi connectivity index (χ1) is 12.6. The second kappa shape index (κ2) is 8.68. The van der Waals surface area contributed by atoms with Crippen LogP contribution in [0.2, 0.25) is 0 Å². The van der Waals surface area contributed by atoms with Crippen LogP contribution in [0.15, 0.2) is 23.0 Å². The summed E-state index contributed by atoms with van der Waals surface area (Å²) in [5.41, 5.74) is 0. The van der Waals surface area contributed by atoms with E-state index in [1.807, 2.05) is 14.1 Å². The Morgan fingerprint density at radius 3 is 2.92 bits per heavy atom. The minimum atomic E-state index is -0.171. The van der Waals surface area contributed by atoms with Crippen LogP contribution >= 0.6 is 0 Å². The van der Waals surface area contributed by atoms with E-state index in [0.29, 0.717) is 43.8 Å². The molecule has 1 fully saturated rings. The maximum Gasteiger partial charge on any atom is 0.317 e. The standard InChI is InChI=1S/C16H23N7O3/c1-22(2)9-12-10-23(6-7-25-11-12)16(24)19-8-13-20-15(21-26-13)14-17-4-3-5-18-14/h3-5,12H,6-11H2,1-2H3,(H,19,24)/t12-/m1/s1. The van der Waals surface area contributed by atoms with E-state index in [-0.39, 0.29) is 18.5 Å². The minimum Gasteiger partial charge on any atom is -0.379 e. The highest BCUT2D eigenvalue weighted by atomic mass is 16.5. The molecule has 2 amide bonds. The van der Waals surface area contributed by atoms with Gasteiger partial charge in [0.1, 0.15) is 0 Å². The molecule has 1 saturated heterocycles. The molecule has 1 aliphatic heterocycles. The van der Waals surface area contributed by atoms with Crippen molar-refractivity contribution in [2.75, 3.05) is 46.9 Å². The van der Waals surface area contributed by atoms with Crippen molar-refractivity contribution >= 4 is 6.03 Å². The summed E-state index contributed by atoms with van der Waals surface area (Å²) in [5, 5.41) is 6.65. The molecule has 0 spiro atoms. The number of nitrogens with one attached hydrogen (secondary N) is 1. The van der Waals surface area contributed by atoms with Crippen molar-refractivity contribution in [1.82, 2.24) is 35.2 Å². The molecule has 2 aromatic heterocycles. The Hall–Kier alpha value is -2.59. The molecule has 0 unspecified atom stereocenters. The Labute approximate surface area is 151 Å². The highest BCUT2D eigenvalue weighted by Gasteiger charge is 2.23. The predicted molar refractivity (Wildman–Crippen MR) is 92.0 cm³/mol. The first kappa shape index (κ1) is 18.2. The largest absolute Gasteiger partial charge is 0.379 e. The number of amides is 2. The molecular weight excluding hydrogens is 338 g/mol. The second-order valence-electron chi connectivity index (χ2n) is 6.39. The number of carbonyl (C=O) groups excluding carboxylic acids is 1. The number of nitrogens with zero attached hydrogens (tertiary/aromatic N) is 6. The van der Waals surface area contributed by atoms with Crippen LogP contribution in [0, 0.1) is 5.92 Å². The summed E-state index contributed by atoms with van der Waals surface area (Å²) in [4.78, 5) is 28.7. The van der Waals surface area contributed by atoms with E-state index >= 15 is 0 Å². The molecule has 1 atom stereocenters. The molecule has 0 radical (unpaired) electrons. The van der Waals surface area contributed by atoms with Gasteiger partial charge in [-0.3, -0.25) is 0 Å². The minimum absolute atomic E-state index is 0.147. The van der Waals surface area contributed by atoms with Gasteiger partial charge in [0.05, 0.1) is 19.8 Å². The van der Waals surface area contributed by atoms with Crippen LogP contribution in [0.5, 0.6) is 0 Å². The van der Waals surface area contributed by atoms with Crippen molar-refractivity contribution < 1.29 is 14.1 Å². The summed E-state index contributed by atoms with van der Waals surface area (Å²) in [6.07, 6.45) is 3.21. The summed E-state index contributed by atoms with van der Waals surface area (Å²) in [6.45, 7) is 3.42. The molecule has 2 aromatic rings. The first-order valence-corrected chi connectivity index (χ1v) is 8.47. The third kappa shape index (κ3) is 4.96. The molecule has 3 rings (SSSR count). The van der Waals surface area contributed by atoms with Crippen molar-refractivity contribution in [3.05, 3.63) is 24.4 Å². The number of hydrogen-bond acceptors (Lipinski definition) is 8. The highest BCUT2D eigenvalue weighted by molar-refractivity contribution is 5.74. The van der Waals surface area contributed by atoms with Crippen molar-refractivity contribution in [2.24, 2.45) is 5.92 Å². The normalized spacial score (nSPS) is 18.0. The van der Waals surface area contributed by atoms with Gasteiger partial charge in [-0.2, -0.15) is 4.98 Å². The van der Waals surface area contributed by atoms with Gasteiger partial charge in [0.2, 0.25) is 17.5 Å². The zero-order valence-corrected chi connectivity index (χ0v) is 15.0. The van der Waals surface area contributed by atoms with E-state index in [2.05, 4.69) is 30.3 Å². The van der Waals surface area contributed by atoms with Gasteiger partial charge in [0, 0.05) is 37.9 Å². The highest BCUT2D eigenvalue weighted by Crippen LogP contribution is 2.10. The Balaban J connectivity index is 1.54. The van der Waals surface area contributed by atoms with E-state index in [1.54, 1.807) is 23.4 Å². The molecular formula is C16H23N7O3. The molecule has 26 heavy (non-hydrogen) atoms. The Morgan fingerprint density at radius 2 is 2.15 bits per heavy atom. The quantitative estimate of drug-likeness (QED) is 0.807. The van der Waals surface area contributed by atoms with Crippen LogP contribution < -0.4 is 5.32 Å². The van der Waals surface area contributed by atoms with Gasteiger partial charge in [0.15, 0.2) is 0 Å². The lowest BCUT2D eigenvalue weighted by Crippen LogP contribution is -2.44. The molecule has 0 aliphatic carbocycles. The average molecular weight is 361 g/mol. The van der Waals surface area contributed by atoms with E-state index < -0.39 is 0 Å². The third-order valence-corrected chi connectivity index (χ3v) is 3.87. The van der Waals surface area contributed by atoms with Crippen LogP contribution in [0.4, 0.5) is 4.79 Å². The maximum atomic E-state index is 12.5. The van der Waals surface area contributed by atoms with Gasteiger partial charge in [-0.25, -0.2) is 14.8 Å². The summed E-state index contributed by atoms with van der Waals surface area (Å²) >= 11 is 0. The fraction of sp³-hybridized carbons (Fsp3) is 0.562. The van der Waals surface area contributed by atoms with E-state index in [4.69, 9.17) is 9.26 Å². The van der Waals surface area contributed by atoms with Gasteiger partial charge in [-0.05, 0) is 20.2 Å². The van der Waals surface area contributed by atoms with E-state index in [1.165, 1.54) is 0 Å². The summed E-state index contributed by atoms with van der Waals surface area (Å²) in [5.74, 6) is 1.26. The number of ether oxygens (including phenoxy) is 1. The number of aromatic nitrogens is 4. The zero-order valence-electron chi connectivity index (χ0n) is 15.0. The zero-order chi connectivity index (χ0) is 18.4.